The van der Waals surface area contributed by atoms with Crippen LogP contribution < -0.4 is 5.32 Å². The van der Waals surface area contributed by atoms with Crippen LogP contribution in [-0.4, -0.2) is 12.7 Å². The van der Waals surface area contributed by atoms with Crippen LogP contribution in [0.5, 0.6) is 0 Å². The topological polar surface area (TPSA) is 12.0 Å². The highest BCUT2D eigenvalue weighted by molar-refractivity contribution is 5.24. The molecule has 1 saturated carbocycles. The summed E-state index contributed by atoms with van der Waals surface area (Å²) in [6.45, 7) is 1.72. The van der Waals surface area contributed by atoms with Gasteiger partial charge < -0.3 is 5.32 Å². The predicted octanol–water partition coefficient (Wildman–Crippen LogP) is 2.76. The molecule has 1 aliphatic rings. The number of aryl methyl sites for hydroxylation is 1. The monoisotopic (exact) mass is 193 g/mol. The van der Waals surface area contributed by atoms with E-state index in [1.54, 1.807) is 0 Å². The number of alkyl halides is 1. The summed E-state index contributed by atoms with van der Waals surface area (Å²) in [5, 5.41) is 3.30. The lowest BCUT2D eigenvalue weighted by Crippen LogP contribution is -2.24. The highest BCUT2D eigenvalue weighted by Gasteiger charge is 2.25. The quantitative estimate of drug-likeness (QED) is 0.775. The molecule has 0 aliphatic heterocycles. The van der Waals surface area contributed by atoms with E-state index in [-0.39, 0.29) is 12.7 Å². The Kier molecular flexibility index (Phi) is 2.82. The minimum Gasteiger partial charge on any atom is -0.305 e. The average Bonchev–Trinajstić information content (AvgIpc) is 3.00. The number of hydrogen-bond acceptors (Lipinski definition) is 1. The Labute approximate surface area is 84.3 Å². The van der Waals surface area contributed by atoms with Gasteiger partial charge in [-0.2, -0.15) is 0 Å². The van der Waals surface area contributed by atoms with Gasteiger partial charge in [-0.25, -0.2) is 4.39 Å². The summed E-state index contributed by atoms with van der Waals surface area (Å²) in [7, 11) is 0. The zero-order valence-electron chi connectivity index (χ0n) is 8.46. The number of benzene rings is 1. The Bertz CT molecular complexity index is 290. The van der Waals surface area contributed by atoms with E-state index in [2.05, 4.69) is 5.32 Å². The third-order valence-corrected chi connectivity index (χ3v) is 2.65. The third-order valence-electron chi connectivity index (χ3n) is 2.65. The Morgan fingerprint density at radius 3 is 2.50 bits per heavy atom. The summed E-state index contributed by atoms with van der Waals surface area (Å²) in [6.07, 6.45) is 2.39. The molecular formula is C12H16FN. The fourth-order valence-corrected chi connectivity index (χ4v) is 1.56. The van der Waals surface area contributed by atoms with Crippen molar-refractivity contribution in [2.45, 2.75) is 31.8 Å². The molecule has 0 saturated heterocycles. The van der Waals surface area contributed by atoms with Crippen LogP contribution >= 0.6 is 0 Å². The van der Waals surface area contributed by atoms with E-state index in [0.29, 0.717) is 6.04 Å². The molecule has 2 heteroatoms. The predicted molar refractivity (Wildman–Crippen MR) is 56.1 cm³/mol. The van der Waals surface area contributed by atoms with Crippen molar-refractivity contribution in [2.24, 2.45) is 0 Å². The highest BCUT2D eigenvalue weighted by atomic mass is 19.1. The molecule has 1 aromatic rings. The molecule has 1 unspecified atom stereocenters. The molecule has 0 heterocycles. The second kappa shape index (κ2) is 4.09. The van der Waals surface area contributed by atoms with Crippen molar-refractivity contribution >= 4 is 0 Å². The molecule has 1 fully saturated rings. The summed E-state index contributed by atoms with van der Waals surface area (Å²) in [4.78, 5) is 0. The summed E-state index contributed by atoms with van der Waals surface area (Å²) in [5.74, 6) is 0. The fourth-order valence-electron chi connectivity index (χ4n) is 1.56. The maximum atomic E-state index is 12.8. The standard InChI is InChI=1S/C12H16FN/c1-9-2-4-10(5-3-9)12(8-13)14-11-6-7-11/h2-5,11-12,14H,6-8H2,1H3. The van der Waals surface area contributed by atoms with Gasteiger partial charge in [0.1, 0.15) is 6.67 Å². The fraction of sp³-hybridized carbons (Fsp3) is 0.500. The van der Waals surface area contributed by atoms with Gasteiger partial charge >= 0.3 is 0 Å². The van der Waals surface area contributed by atoms with E-state index < -0.39 is 0 Å². The Balaban J connectivity index is 2.05. The molecule has 0 amide bonds. The number of rotatable bonds is 4. The molecule has 76 valence electrons. The second-order valence-corrected chi connectivity index (χ2v) is 4.06. The van der Waals surface area contributed by atoms with E-state index >= 15 is 0 Å². The zero-order valence-corrected chi connectivity index (χ0v) is 8.46. The molecule has 1 nitrogen and oxygen atoms in total. The average molecular weight is 193 g/mol. The number of hydrogen-bond donors (Lipinski definition) is 1. The van der Waals surface area contributed by atoms with Crippen LogP contribution in [0.15, 0.2) is 24.3 Å². The lowest BCUT2D eigenvalue weighted by Gasteiger charge is -2.15. The molecule has 0 aromatic heterocycles. The van der Waals surface area contributed by atoms with Gasteiger partial charge in [-0.3, -0.25) is 0 Å². The maximum Gasteiger partial charge on any atom is 0.109 e. The van der Waals surface area contributed by atoms with Crippen LogP contribution in [0.25, 0.3) is 0 Å². The SMILES string of the molecule is Cc1ccc(C(CF)NC2CC2)cc1. The summed E-state index contributed by atoms with van der Waals surface area (Å²) < 4.78 is 12.8. The lowest BCUT2D eigenvalue weighted by molar-refractivity contribution is 0.380. The Hall–Kier alpha value is -0.890. The molecule has 0 spiro atoms. The molecule has 1 aliphatic carbocycles. The molecule has 1 N–H and O–H groups in total. The summed E-state index contributed by atoms with van der Waals surface area (Å²) in [6, 6.07) is 8.53. The van der Waals surface area contributed by atoms with Crippen LogP contribution in [0, 0.1) is 6.92 Å². The lowest BCUT2D eigenvalue weighted by atomic mass is 10.1. The first-order chi connectivity index (χ1) is 6.79. The van der Waals surface area contributed by atoms with Gasteiger partial charge in [0.2, 0.25) is 0 Å². The van der Waals surface area contributed by atoms with Crippen LogP contribution in [0.4, 0.5) is 4.39 Å². The van der Waals surface area contributed by atoms with Crippen molar-refractivity contribution in [2.75, 3.05) is 6.67 Å². The first kappa shape index (κ1) is 9.66. The first-order valence-electron chi connectivity index (χ1n) is 5.18. The first-order valence-corrected chi connectivity index (χ1v) is 5.18. The van der Waals surface area contributed by atoms with E-state index in [4.69, 9.17) is 0 Å². The highest BCUT2D eigenvalue weighted by Crippen LogP contribution is 2.24. The largest absolute Gasteiger partial charge is 0.305 e. The van der Waals surface area contributed by atoms with Crippen molar-refractivity contribution in [1.29, 1.82) is 0 Å². The summed E-state index contributed by atoms with van der Waals surface area (Å²) in [5.41, 5.74) is 2.28. The molecule has 0 bridgehead atoms. The Morgan fingerprint density at radius 2 is 2.00 bits per heavy atom. The normalized spacial score (nSPS) is 18.1. The van der Waals surface area contributed by atoms with Crippen molar-refractivity contribution in [3.05, 3.63) is 35.4 Å². The van der Waals surface area contributed by atoms with Crippen molar-refractivity contribution in [1.82, 2.24) is 5.32 Å². The maximum absolute atomic E-state index is 12.8. The van der Waals surface area contributed by atoms with Gasteiger partial charge in [-0.15, -0.1) is 0 Å². The van der Waals surface area contributed by atoms with E-state index in [9.17, 15) is 4.39 Å². The third kappa shape index (κ3) is 2.32. The van der Waals surface area contributed by atoms with Gasteiger partial charge in [0.25, 0.3) is 0 Å². The minimum atomic E-state index is -0.320. The summed E-state index contributed by atoms with van der Waals surface area (Å²) >= 11 is 0. The minimum absolute atomic E-state index is 0.108. The van der Waals surface area contributed by atoms with Crippen molar-refractivity contribution in [3.63, 3.8) is 0 Å². The smallest absolute Gasteiger partial charge is 0.109 e. The van der Waals surface area contributed by atoms with Crippen LogP contribution in [0.1, 0.15) is 30.0 Å². The molecule has 14 heavy (non-hydrogen) atoms. The molecule has 1 atom stereocenters. The van der Waals surface area contributed by atoms with Gasteiger partial charge in [0, 0.05) is 6.04 Å². The van der Waals surface area contributed by atoms with E-state index in [1.165, 1.54) is 18.4 Å². The number of halogens is 1. The van der Waals surface area contributed by atoms with Crippen molar-refractivity contribution < 1.29 is 4.39 Å². The van der Waals surface area contributed by atoms with Gasteiger partial charge in [-0.1, -0.05) is 29.8 Å². The second-order valence-electron chi connectivity index (χ2n) is 4.06. The molecule has 1 aromatic carbocycles. The zero-order chi connectivity index (χ0) is 9.97. The number of nitrogens with one attached hydrogen (secondary N) is 1. The van der Waals surface area contributed by atoms with E-state index in [1.807, 2.05) is 31.2 Å². The van der Waals surface area contributed by atoms with Gasteiger partial charge in [-0.05, 0) is 25.3 Å². The van der Waals surface area contributed by atoms with E-state index in [0.717, 1.165) is 5.56 Å². The molecule has 2 rings (SSSR count). The Morgan fingerprint density at radius 1 is 1.36 bits per heavy atom. The van der Waals surface area contributed by atoms with Crippen LogP contribution in [0.3, 0.4) is 0 Å². The van der Waals surface area contributed by atoms with Crippen LogP contribution in [0.2, 0.25) is 0 Å². The van der Waals surface area contributed by atoms with Gasteiger partial charge in [0.15, 0.2) is 0 Å². The van der Waals surface area contributed by atoms with Crippen molar-refractivity contribution in [3.8, 4) is 0 Å². The molecule has 0 radical (unpaired) electrons. The van der Waals surface area contributed by atoms with Gasteiger partial charge in [0.05, 0.1) is 6.04 Å². The van der Waals surface area contributed by atoms with Crippen LogP contribution in [-0.2, 0) is 0 Å². The molecular weight excluding hydrogens is 177 g/mol.